The normalized spacial score (nSPS) is 37.3. The summed E-state index contributed by atoms with van der Waals surface area (Å²) in [5.74, 6) is 2.06. The van der Waals surface area contributed by atoms with Crippen LogP contribution in [-0.4, -0.2) is 12.1 Å². The highest BCUT2D eigenvalue weighted by Gasteiger charge is 2.29. The van der Waals surface area contributed by atoms with Crippen LogP contribution in [0.3, 0.4) is 0 Å². The first kappa shape index (κ1) is 13.9. The maximum atomic E-state index is 11.7. The van der Waals surface area contributed by atoms with E-state index in [2.05, 4.69) is 13.8 Å². The summed E-state index contributed by atoms with van der Waals surface area (Å²) in [6, 6.07) is 0. The van der Waals surface area contributed by atoms with Crippen LogP contribution < -0.4 is 0 Å². The highest BCUT2D eigenvalue weighted by molar-refractivity contribution is 5.73. The molecule has 2 nitrogen and oxygen atoms in total. The van der Waals surface area contributed by atoms with Gasteiger partial charge in [-0.2, -0.15) is 0 Å². The van der Waals surface area contributed by atoms with E-state index in [0.717, 1.165) is 37.5 Å². The maximum absolute atomic E-state index is 11.7. The van der Waals surface area contributed by atoms with Crippen LogP contribution in [0.5, 0.6) is 0 Å². The SMILES string of the molecule is CCC1CCC(CCC2CCC(C)CC2)OC1=O. The molecule has 1 saturated heterocycles. The van der Waals surface area contributed by atoms with E-state index < -0.39 is 0 Å². The quantitative estimate of drug-likeness (QED) is 0.696. The van der Waals surface area contributed by atoms with Gasteiger partial charge in [-0.15, -0.1) is 0 Å². The molecule has 1 aliphatic carbocycles. The van der Waals surface area contributed by atoms with Crippen molar-refractivity contribution in [1.82, 2.24) is 0 Å². The first-order valence-electron chi connectivity index (χ1n) is 7.89. The number of hydrogen-bond donors (Lipinski definition) is 0. The zero-order chi connectivity index (χ0) is 13.0. The zero-order valence-electron chi connectivity index (χ0n) is 12.0. The van der Waals surface area contributed by atoms with Crippen molar-refractivity contribution in [3.63, 3.8) is 0 Å². The van der Waals surface area contributed by atoms with E-state index in [1.807, 2.05) is 0 Å². The topological polar surface area (TPSA) is 26.3 Å². The van der Waals surface area contributed by atoms with E-state index in [-0.39, 0.29) is 18.0 Å². The van der Waals surface area contributed by atoms with Gasteiger partial charge < -0.3 is 4.74 Å². The van der Waals surface area contributed by atoms with Crippen molar-refractivity contribution in [1.29, 1.82) is 0 Å². The molecule has 0 amide bonds. The molecule has 0 spiro atoms. The summed E-state index contributed by atoms with van der Waals surface area (Å²) in [5, 5.41) is 0. The molecule has 104 valence electrons. The Hall–Kier alpha value is -0.530. The lowest BCUT2D eigenvalue weighted by Crippen LogP contribution is -2.31. The molecule has 2 aliphatic rings. The van der Waals surface area contributed by atoms with Crippen molar-refractivity contribution in [3.05, 3.63) is 0 Å². The fraction of sp³-hybridized carbons (Fsp3) is 0.938. The lowest BCUT2D eigenvalue weighted by molar-refractivity contribution is -0.161. The number of rotatable bonds is 4. The average molecular weight is 252 g/mol. The van der Waals surface area contributed by atoms with Crippen molar-refractivity contribution in [3.8, 4) is 0 Å². The van der Waals surface area contributed by atoms with Gasteiger partial charge in [0.2, 0.25) is 0 Å². The van der Waals surface area contributed by atoms with E-state index in [4.69, 9.17) is 4.74 Å². The Morgan fingerprint density at radius 2 is 1.78 bits per heavy atom. The van der Waals surface area contributed by atoms with Crippen LogP contribution in [0, 0.1) is 17.8 Å². The number of carbonyl (C=O) groups excluding carboxylic acids is 1. The third kappa shape index (κ3) is 3.73. The average Bonchev–Trinajstić information content (AvgIpc) is 2.38. The second-order valence-electron chi connectivity index (χ2n) is 6.44. The van der Waals surface area contributed by atoms with Crippen LogP contribution in [0.15, 0.2) is 0 Å². The summed E-state index contributed by atoms with van der Waals surface area (Å²) >= 11 is 0. The van der Waals surface area contributed by atoms with Crippen molar-refractivity contribution < 1.29 is 9.53 Å². The van der Waals surface area contributed by atoms with Crippen molar-refractivity contribution in [2.24, 2.45) is 17.8 Å². The third-order valence-electron chi connectivity index (χ3n) is 4.98. The molecule has 0 aromatic heterocycles. The van der Waals surface area contributed by atoms with E-state index in [9.17, 15) is 4.79 Å². The first-order valence-corrected chi connectivity index (χ1v) is 7.89. The van der Waals surface area contributed by atoms with E-state index in [0.29, 0.717) is 0 Å². The minimum atomic E-state index is 0.0611. The summed E-state index contributed by atoms with van der Waals surface area (Å²) in [4.78, 5) is 11.7. The fourth-order valence-electron chi connectivity index (χ4n) is 3.44. The van der Waals surface area contributed by atoms with Gasteiger partial charge in [0.1, 0.15) is 6.10 Å². The lowest BCUT2D eigenvalue weighted by Gasteiger charge is -2.30. The highest BCUT2D eigenvalue weighted by Crippen LogP contribution is 2.33. The maximum Gasteiger partial charge on any atom is 0.309 e. The van der Waals surface area contributed by atoms with Crippen molar-refractivity contribution in [2.75, 3.05) is 0 Å². The molecule has 2 unspecified atom stereocenters. The van der Waals surface area contributed by atoms with Crippen LogP contribution in [0.1, 0.15) is 71.6 Å². The van der Waals surface area contributed by atoms with E-state index in [1.165, 1.54) is 32.1 Å². The molecule has 0 bridgehead atoms. The van der Waals surface area contributed by atoms with Crippen LogP contribution in [-0.2, 0) is 9.53 Å². The Kier molecular flexibility index (Phi) is 5.08. The highest BCUT2D eigenvalue weighted by atomic mass is 16.5. The minimum Gasteiger partial charge on any atom is -0.462 e. The number of esters is 1. The molecule has 2 fully saturated rings. The molecule has 2 heteroatoms. The second kappa shape index (κ2) is 6.58. The second-order valence-corrected chi connectivity index (χ2v) is 6.44. The molecule has 0 aromatic rings. The van der Waals surface area contributed by atoms with Gasteiger partial charge in [0.05, 0.1) is 5.92 Å². The summed E-state index contributed by atoms with van der Waals surface area (Å²) in [6.07, 6.45) is 11.2. The predicted molar refractivity (Wildman–Crippen MR) is 73.3 cm³/mol. The Bertz CT molecular complexity index is 266. The molecular formula is C16H28O2. The van der Waals surface area contributed by atoms with Gasteiger partial charge in [-0.05, 0) is 43.9 Å². The van der Waals surface area contributed by atoms with Crippen LogP contribution in [0.4, 0.5) is 0 Å². The molecule has 0 radical (unpaired) electrons. The molecule has 1 heterocycles. The standard InChI is InChI=1S/C16H28O2/c1-3-14-9-11-15(18-16(14)17)10-8-13-6-4-12(2)5-7-13/h12-15H,3-11H2,1-2H3. The fourth-order valence-corrected chi connectivity index (χ4v) is 3.44. The van der Waals surface area contributed by atoms with Crippen LogP contribution >= 0.6 is 0 Å². The zero-order valence-corrected chi connectivity index (χ0v) is 12.0. The Labute approximate surface area is 111 Å². The first-order chi connectivity index (χ1) is 8.69. The molecule has 18 heavy (non-hydrogen) atoms. The smallest absolute Gasteiger partial charge is 0.309 e. The van der Waals surface area contributed by atoms with Crippen molar-refractivity contribution in [2.45, 2.75) is 77.7 Å². The molecule has 1 saturated carbocycles. The summed E-state index contributed by atoms with van der Waals surface area (Å²) in [5.41, 5.74) is 0. The van der Waals surface area contributed by atoms with Gasteiger partial charge >= 0.3 is 5.97 Å². The van der Waals surface area contributed by atoms with Crippen LogP contribution in [0.2, 0.25) is 0 Å². The van der Waals surface area contributed by atoms with Crippen molar-refractivity contribution >= 4 is 5.97 Å². The molecule has 2 rings (SSSR count). The summed E-state index contributed by atoms with van der Waals surface area (Å²) in [7, 11) is 0. The van der Waals surface area contributed by atoms with E-state index in [1.54, 1.807) is 0 Å². The number of hydrogen-bond acceptors (Lipinski definition) is 2. The molecule has 2 atom stereocenters. The van der Waals surface area contributed by atoms with E-state index >= 15 is 0 Å². The third-order valence-corrected chi connectivity index (χ3v) is 4.98. The monoisotopic (exact) mass is 252 g/mol. The summed E-state index contributed by atoms with van der Waals surface area (Å²) in [6.45, 7) is 4.44. The number of ether oxygens (including phenoxy) is 1. The minimum absolute atomic E-state index is 0.0611. The largest absolute Gasteiger partial charge is 0.462 e. The molecule has 0 N–H and O–H groups in total. The molecule has 1 aliphatic heterocycles. The number of cyclic esters (lactones) is 1. The van der Waals surface area contributed by atoms with Gasteiger partial charge in [-0.3, -0.25) is 4.79 Å². The molecule has 0 aromatic carbocycles. The van der Waals surface area contributed by atoms with Gasteiger partial charge in [-0.1, -0.05) is 39.5 Å². The van der Waals surface area contributed by atoms with Gasteiger partial charge in [-0.25, -0.2) is 0 Å². The van der Waals surface area contributed by atoms with Crippen LogP contribution in [0.25, 0.3) is 0 Å². The summed E-state index contributed by atoms with van der Waals surface area (Å²) < 4.78 is 5.56. The van der Waals surface area contributed by atoms with Gasteiger partial charge in [0, 0.05) is 0 Å². The van der Waals surface area contributed by atoms with Gasteiger partial charge in [0.25, 0.3) is 0 Å². The predicted octanol–water partition coefficient (Wildman–Crippen LogP) is 4.32. The Morgan fingerprint density at radius 1 is 1.06 bits per heavy atom. The van der Waals surface area contributed by atoms with Gasteiger partial charge in [0.15, 0.2) is 0 Å². The Balaban J connectivity index is 1.67. The Morgan fingerprint density at radius 3 is 2.39 bits per heavy atom. The molecular weight excluding hydrogens is 224 g/mol. The number of carbonyl (C=O) groups is 1. The lowest BCUT2D eigenvalue weighted by atomic mass is 9.80.